The first-order valence-corrected chi connectivity index (χ1v) is 4.73. The Morgan fingerprint density at radius 3 is 2.47 bits per heavy atom. The lowest BCUT2D eigenvalue weighted by atomic mass is 10.1. The summed E-state index contributed by atoms with van der Waals surface area (Å²) in [6.07, 6.45) is 0. The second kappa shape index (κ2) is 5.34. The van der Waals surface area contributed by atoms with Crippen molar-refractivity contribution in [3.8, 4) is 17.9 Å². The van der Waals surface area contributed by atoms with Crippen LogP contribution in [-0.2, 0) is 0 Å². The summed E-state index contributed by atoms with van der Waals surface area (Å²) in [5.74, 6) is 0.0570. The second-order valence-electron chi connectivity index (χ2n) is 3.20. The summed E-state index contributed by atoms with van der Waals surface area (Å²) in [5.41, 5.74) is 5.82. The van der Waals surface area contributed by atoms with Gasteiger partial charge in [-0.15, -0.1) is 0 Å². The average Bonchev–Trinajstić information content (AvgIpc) is 2.35. The van der Waals surface area contributed by atoms with Crippen molar-refractivity contribution in [2.45, 2.75) is 6.92 Å². The summed E-state index contributed by atoms with van der Waals surface area (Å²) in [6.45, 7) is 1.62. The van der Waals surface area contributed by atoms with Crippen LogP contribution in [0.3, 0.4) is 0 Å². The fraction of sp³-hybridized carbons (Fsp3) is 0.0833. The van der Waals surface area contributed by atoms with Crippen LogP contribution in [-0.4, -0.2) is 10.8 Å². The van der Waals surface area contributed by atoms with Gasteiger partial charge in [0.05, 0.1) is 0 Å². The number of aromatic hydroxyl groups is 1. The third-order valence-electron chi connectivity index (χ3n) is 2.05. The first-order valence-electron chi connectivity index (χ1n) is 4.73. The SMILES string of the molecule is C/C(=N\C(C#N)=C(/N)C#N)c1ccccc1O. The molecule has 1 rings (SSSR count). The Hall–Kier alpha value is -2.79. The van der Waals surface area contributed by atoms with Crippen molar-refractivity contribution in [2.24, 2.45) is 10.7 Å². The normalized spacial score (nSPS) is 12.3. The maximum Gasteiger partial charge on any atom is 0.174 e. The van der Waals surface area contributed by atoms with E-state index in [0.717, 1.165) is 0 Å². The molecule has 5 heteroatoms. The van der Waals surface area contributed by atoms with E-state index in [1.54, 1.807) is 37.3 Å². The van der Waals surface area contributed by atoms with Gasteiger partial charge in [0, 0.05) is 11.3 Å². The zero-order chi connectivity index (χ0) is 12.8. The van der Waals surface area contributed by atoms with Crippen LogP contribution in [0.25, 0.3) is 0 Å². The Morgan fingerprint density at radius 1 is 1.29 bits per heavy atom. The van der Waals surface area contributed by atoms with Crippen molar-refractivity contribution in [1.82, 2.24) is 0 Å². The molecule has 0 saturated heterocycles. The molecule has 5 nitrogen and oxygen atoms in total. The molecule has 84 valence electrons. The van der Waals surface area contributed by atoms with Crippen molar-refractivity contribution in [3.63, 3.8) is 0 Å². The molecule has 0 spiro atoms. The highest BCUT2D eigenvalue weighted by atomic mass is 16.3. The summed E-state index contributed by atoms with van der Waals surface area (Å²) in [7, 11) is 0. The molecule has 1 aromatic carbocycles. The van der Waals surface area contributed by atoms with Crippen molar-refractivity contribution < 1.29 is 5.11 Å². The molecule has 17 heavy (non-hydrogen) atoms. The molecule has 3 N–H and O–H groups in total. The summed E-state index contributed by atoms with van der Waals surface area (Å²) in [6, 6.07) is 9.97. The smallest absolute Gasteiger partial charge is 0.174 e. The molecule has 0 aliphatic heterocycles. The maximum absolute atomic E-state index is 9.59. The van der Waals surface area contributed by atoms with Gasteiger partial charge < -0.3 is 10.8 Å². The van der Waals surface area contributed by atoms with E-state index in [9.17, 15) is 5.11 Å². The molecule has 0 heterocycles. The van der Waals surface area contributed by atoms with E-state index in [2.05, 4.69) is 4.99 Å². The van der Waals surface area contributed by atoms with E-state index in [0.29, 0.717) is 11.3 Å². The molecule has 0 fully saturated rings. The number of nitriles is 2. The van der Waals surface area contributed by atoms with Gasteiger partial charge in [0.25, 0.3) is 0 Å². The monoisotopic (exact) mass is 226 g/mol. The molecule has 0 saturated carbocycles. The number of nitrogens with two attached hydrogens (primary N) is 1. The van der Waals surface area contributed by atoms with Gasteiger partial charge >= 0.3 is 0 Å². The molecule has 0 radical (unpaired) electrons. The maximum atomic E-state index is 9.59. The molecule has 0 aliphatic rings. The highest BCUT2D eigenvalue weighted by Crippen LogP contribution is 2.17. The third kappa shape index (κ3) is 2.83. The number of allylic oxidation sites excluding steroid dienone is 2. The number of hydrogen-bond donors (Lipinski definition) is 2. The lowest BCUT2D eigenvalue weighted by molar-refractivity contribution is 0.474. The van der Waals surface area contributed by atoms with Gasteiger partial charge in [0.15, 0.2) is 5.70 Å². The Kier molecular flexibility index (Phi) is 3.86. The largest absolute Gasteiger partial charge is 0.507 e. The summed E-state index contributed by atoms with van der Waals surface area (Å²) >= 11 is 0. The van der Waals surface area contributed by atoms with Gasteiger partial charge in [-0.1, -0.05) is 12.1 Å². The van der Waals surface area contributed by atoms with Crippen LogP contribution in [0.1, 0.15) is 12.5 Å². The van der Waals surface area contributed by atoms with E-state index in [1.165, 1.54) is 6.07 Å². The first kappa shape index (κ1) is 12.3. The number of hydrogen-bond acceptors (Lipinski definition) is 5. The van der Waals surface area contributed by atoms with Crippen LogP contribution >= 0.6 is 0 Å². The summed E-state index contributed by atoms with van der Waals surface area (Å²) < 4.78 is 0. The minimum absolute atomic E-state index is 0.0570. The second-order valence-corrected chi connectivity index (χ2v) is 3.20. The molecule has 0 aliphatic carbocycles. The van der Waals surface area contributed by atoms with Gasteiger partial charge in [-0.3, -0.25) is 0 Å². The molecule has 0 bridgehead atoms. The molecule has 0 amide bonds. The minimum Gasteiger partial charge on any atom is -0.507 e. The van der Waals surface area contributed by atoms with Crippen LogP contribution in [0.5, 0.6) is 5.75 Å². The molecule has 0 aromatic heterocycles. The third-order valence-corrected chi connectivity index (χ3v) is 2.05. The van der Waals surface area contributed by atoms with Crippen LogP contribution < -0.4 is 5.73 Å². The Morgan fingerprint density at radius 2 is 1.94 bits per heavy atom. The van der Waals surface area contributed by atoms with Crippen molar-refractivity contribution in [1.29, 1.82) is 10.5 Å². The number of phenols is 1. The Balaban J connectivity index is 3.24. The fourth-order valence-electron chi connectivity index (χ4n) is 1.21. The molecule has 0 atom stereocenters. The van der Waals surface area contributed by atoms with Crippen molar-refractivity contribution in [2.75, 3.05) is 0 Å². The topological polar surface area (TPSA) is 106 Å². The van der Waals surface area contributed by atoms with Crippen molar-refractivity contribution in [3.05, 3.63) is 41.2 Å². The van der Waals surface area contributed by atoms with E-state index < -0.39 is 0 Å². The van der Waals surface area contributed by atoms with Crippen LogP contribution in [0, 0.1) is 22.7 Å². The summed E-state index contributed by atoms with van der Waals surface area (Å²) in [4.78, 5) is 3.92. The van der Waals surface area contributed by atoms with Crippen LogP contribution in [0.15, 0.2) is 40.7 Å². The fourth-order valence-corrected chi connectivity index (χ4v) is 1.21. The predicted molar refractivity (Wildman–Crippen MR) is 62.8 cm³/mol. The van der Waals surface area contributed by atoms with Gasteiger partial charge in [-0.25, -0.2) is 4.99 Å². The average molecular weight is 226 g/mol. The Labute approximate surface area is 98.7 Å². The number of phenolic OH excluding ortho intramolecular Hbond substituents is 1. The van der Waals surface area contributed by atoms with E-state index in [4.69, 9.17) is 16.3 Å². The number of aliphatic imine (C=N–C) groups is 1. The molecule has 0 unspecified atom stereocenters. The zero-order valence-electron chi connectivity index (χ0n) is 9.18. The van der Waals surface area contributed by atoms with Crippen LogP contribution in [0.2, 0.25) is 0 Å². The number of para-hydroxylation sites is 1. The van der Waals surface area contributed by atoms with Gasteiger partial charge in [-0.05, 0) is 19.1 Å². The van der Waals surface area contributed by atoms with E-state index in [1.807, 2.05) is 0 Å². The summed E-state index contributed by atoms with van der Waals surface area (Å²) in [5, 5.41) is 26.9. The van der Waals surface area contributed by atoms with Gasteiger partial charge in [0.2, 0.25) is 0 Å². The Bertz CT molecular complexity index is 573. The molecular weight excluding hydrogens is 216 g/mol. The van der Waals surface area contributed by atoms with Gasteiger partial charge in [0.1, 0.15) is 23.6 Å². The number of benzene rings is 1. The number of rotatable bonds is 2. The van der Waals surface area contributed by atoms with Crippen LogP contribution in [0.4, 0.5) is 0 Å². The van der Waals surface area contributed by atoms with E-state index in [-0.39, 0.29) is 17.1 Å². The minimum atomic E-state index is -0.248. The number of nitrogens with zero attached hydrogens (tertiary/aromatic N) is 3. The highest BCUT2D eigenvalue weighted by Gasteiger charge is 2.06. The predicted octanol–water partition coefficient (Wildman–Crippen LogP) is 1.42. The molecular formula is C12H10N4O. The first-order chi connectivity index (χ1) is 8.10. The highest BCUT2D eigenvalue weighted by molar-refractivity contribution is 6.01. The zero-order valence-corrected chi connectivity index (χ0v) is 9.18. The lowest BCUT2D eigenvalue weighted by Gasteiger charge is -2.03. The van der Waals surface area contributed by atoms with E-state index >= 15 is 0 Å². The molecule has 1 aromatic rings. The van der Waals surface area contributed by atoms with Crippen molar-refractivity contribution >= 4 is 5.71 Å². The lowest BCUT2D eigenvalue weighted by Crippen LogP contribution is -2.01. The standard InChI is InChI=1S/C12H10N4O/c1-8(9-4-2-3-5-12(9)17)16-11(7-14)10(15)6-13/h2-5,17H,15H2,1H3/b11-10-,16-8+. The van der Waals surface area contributed by atoms with Gasteiger partial charge in [-0.2, -0.15) is 10.5 Å². The quantitative estimate of drug-likeness (QED) is 0.587.